The van der Waals surface area contributed by atoms with Crippen LogP contribution in [0.25, 0.3) is 0 Å². The summed E-state index contributed by atoms with van der Waals surface area (Å²) < 4.78 is 5.76. The van der Waals surface area contributed by atoms with Gasteiger partial charge in [0.25, 0.3) is 0 Å². The number of hydrogen-bond donors (Lipinski definition) is 1. The van der Waals surface area contributed by atoms with Crippen molar-refractivity contribution >= 4 is 5.91 Å². The second-order valence-corrected chi connectivity index (χ2v) is 5.89. The lowest BCUT2D eigenvalue weighted by Gasteiger charge is -2.38. The zero-order valence-electron chi connectivity index (χ0n) is 11.1. The molecular formula is C14H24N2O2. The van der Waals surface area contributed by atoms with Crippen molar-refractivity contribution < 1.29 is 9.53 Å². The van der Waals surface area contributed by atoms with E-state index in [1.807, 2.05) is 0 Å². The molecular weight excluding hydrogens is 228 g/mol. The number of morpholine rings is 1. The Kier molecular flexibility index (Phi) is 3.85. The van der Waals surface area contributed by atoms with Crippen LogP contribution in [0.5, 0.6) is 0 Å². The first-order valence-electron chi connectivity index (χ1n) is 7.46. The molecule has 1 N–H and O–H groups in total. The van der Waals surface area contributed by atoms with Gasteiger partial charge in [-0.3, -0.25) is 4.79 Å². The summed E-state index contributed by atoms with van der Waals surface area (Å²) in [5, 5.41) is 3.37. The number of ether oxygens (including phenoxy) is 1. The molecule has 3 rings (SSSR count). The van der Waals surface area contributed by atoms with Crippen molar-refractivity contribution in [2.24, 2.45) is 5.92 Å². The van der Waals surface area contributed by atoms with Crippen LogP contribution < -0.4 is 5.32 Å². The van der Waals surface area contributed by atoms with Crippen molar-refractivity contribution in [3.8, 4) is 0 Å². The average Bonchev–Trinajstić information content (AvgIpc) is 3.05. The Hall–Kier alpha value is -0.610. The molecule has 3 aliphatic rings. The van der Waals surface area contributed by atoms with Gasteiger partial charge in [0.1, 0.15) is 0 Å². The van der Waals surface area contributed by atoms with Crippen LogP contribution in [-0.4, -0.2) is 49.2 Å². The number of nitrogens with zero attached hydrogens (tertiary/aromatic N) is 1. The highest BCUT2D eigenvalue weighted by Crippen LogP contribution is 2.30. The maximum atomic E-state index is 12.3. The van der Waals surface area contributed by atoms with Crippen molar-refractivity contribution in [3.05, 3.63) is 0 Å². The number of nitrogens with one attached hydrogen (secondary N) is 1. The molecule has 0 radical (unpaired) electrons. The van der Waals surface area contributed by atoms with Crippen molar-refractivity contribution in [2.45, 2.75) is 50.7 Å². The van der Waals surface area contributed by atoms with E-state index in [9.17, 15) is 4.79 Å². The molecule has 2 aliphatic heterocycles. The van der Waals surface area contributed by atoms with Gasteiger partial charge < -0.3 is 15.0 Å². The first-order chi connectivity index (χ1) is 8.84. The first kappa shape index (κ1) is 12.4. The maximum Gasteiger partial charge on any atom is 0.222 e. The second-order valence-electron chi connectivity index (χ2n) is 5.89. The van der Waals surface area contributed by atoms with E-state index >= 15 is 0 Å². The van der Waals surface area contributed by atoms with E-state index in [0.717, 1.165) is 57.8 Å². The Labute approximate surface area is 109 Å². The largest absolute Gasteiger partial charge is 0.374 e. The highest BCUT2D eigenvalue weighted by Gasteiger charge is 2.38. The predicted octanol–water partition coefficient (Wildman–Crippen LogP) is 1.16. The molecule has 0 aromatic rings. The van der Waals surface area contributed by atoms with Gasteiger partial charge >= 0.3 is 0 Å². The van der Waals surface area contributed by atoms with Crippen molar-refractivity contribution in [1.29, 1.82) is 0 Å². The molecule has 1 aliphatic carbocycles. The van der Waals surface area contributed by atoms with E-state index in [1.165, 1.54) is 12.8 Å². The van der Waals surface area contributed by atoms with Gasteiger partial charge in [-0.25, -0.2) is 0 Å². The van der Waals surface area contributed by atoms with E-state index in [1.54, 1.807) is 0 Å². The van der Waals surface area contributed by atoms with E-state index in [2.05, 4.69) is 10.2 Å². The molecule has 102 valence electrons. The Balaban J connectivity index is 1.51. The number of carbonyl (C=O) groups excluding carboxylic acids is 1. The molecule has 2 heterocycles. The molecule has 3 fully saturated rings. The van der Waals surface area contributed by atoms with Gasteiger partial charge in [0.2, 0.25) is 5.91 Å². The second kappa shape index (κ2) is 5.57. The summed E-state index contributed by atoms with van der Waals surface area (Å²) in [5.74, 6) is 1.08. The standard InChI is InChI=1S/C14H24N2O2/c17-14(5-4-11-6-7-15-10-11)16-8-9-18-13-3-1-2-12(13)16/h11-13,15H,1-10H2. The average molecular weight is 252 g/mol. The highest BCUT2D eigenvalue weighted by atomic mass is 16.5. The number of hydrogen-bond acceptors (Lipinski definition) is 3. The SMILES string of the molecule is O=C(CCC1CCNC1)N1CCOC2CCCC21. The smallest absolute Gasteiger partial charge is 0.222 e. The minimum Gasteiger partial charge on any atom is -0.374 e. The van der Waals surface area contributed by atoms with E-state index in [4.69, 9.17) is 4.74 Å². The number of rotatable bonds is 3. The molecule has 18 heavy (non-hydrogen) atoms. The van der Waals surface area contributed by atoms with E-state index < -0.39 is 0 Å². The monoisotopic (exact) mass is 252 g/mol. The summed E-state index contributed by atoms with van der Waals surface area (Å²) in [7, 11) is 0. The van der Waals surface area contributed by atoms with Crippen LogP contribution in [0.1, 0.15) is 38.5 Å². The fourth-order valence-electron chi connectivity index (χ4n) is 3.67. The van der Waals surface area contributed by atoms with Crippen LogP contribution in [0.15, 0.2) is 0 Å². The summed E-state index contributed by atoms with van der Waals surface area (Å²) in [6.45, 7) is 3.77. The lowest BCUT2D eigenvalue weighted by Crippen LogP contribution is -2.51. The first-order valence-corrected chi connectivity index (χ1v) is 7.46. The highest BCUT2D eigenvalue weighted by molar-refractivity contribution is 5.76. The zero-order valence-corrected chi connectivity index (χ0v) is 11.1. The fourth-order valence-corrected chi connectivity index (χ4v) is 3.67. The third-order valence-corrected chi connectivity index (χ3v) is 4.73. The van der Waals surface area contributed by atoms with Gasteiger partial charge in [-0.05, 0) is 51.1 Å². The molecule has 1 saturated carbocycles. The van der Waals surface area contributed by atoms with Gasteiger partial charge in [0.05, 0.1) is 18.8 Å². The molecule has 0 aromatic carbocycles. The summed E-state index contributed by atoms with van der Waals surface area (Å²) in [4.78, 5) is 14.5. The Morgan fingerprint density at radius 1 is 1.33 bits per heavy atom. The molecule has 1 amide bonds. The Morgan fingerprint density at radius 3 is 3.11 bits per heavy atom. The van der Waals surface area contributed by atoms with Crippen molar-refractivity contribution in [2.75, 3.05) is 26.2 Å². The summed E-state index contributed by atoms with van der Waals surface area (Å²) in [6, 6.07) is 0.382. The van der Waals surface area contributed by atoms with Gasteiger partial charge in [0.15, 0.2) is 0 Å². The van der Waals surface area contributed by atoms with Crippen LogP contribution in [0.2, 0.25) is 0 Å². The molecule has 0 bridgehead atoms. The van der Waals surface area contributed by atoms with Crippen LogP contribution >= 0.6 is 0 Å². The van der Waals surface area contributed by atoms with E-state index in [-0.39, 0.29) is 0 Å². The van der Waals surface area contributed by atoms with Gasteiger partial charge in [-0.2, -0.15) is 0 Å². The zero-order chi connectivity index (χ0) is 12.4. The van der Waals surface area contributed by atoms with Crippen LogP contribution in [-0.2, 0) is 9.53 Å². The van der Waals surface area contributed by atoms with Crippen LogP contribution in [0, 0.1) is 5.92 Å². The third-order valence-electron chi connectivity index (χ3n) is 4.73. The van der Waals surface area contributed by atoms with Crippen LogP contribution in [0.3, 0.4) is 0 Å². The van der Waals surface area contributed by atoms with Gasteiger partial charge in [0, 0.05) is 13.0 Å². The number of amides is 1. The molecule has 4 heteroatoms. The van der Waals surface area contributed by atoms with Gasteiger partial charge in [-0.15, -0.1) is 0 Å². The normalized spacial score (nSPS) is 35.8. The lowest BCUT2D eigenvalue weighted by molar-refractivity contribution is -0.144. The molecule has 2 saturated heterocycles. The van der Waals surface area contributed by atoms with Crippen molar-refractivity contribution in [1.82, 2.24) is 10.2 Å². The Bertz CT molecular complexity index is 302. The third kappa shape index (κ3) is 2.54. The molecule has 0 aromatic heterocycles. The topological polar surface area (TPSA) is 41.6 Å². The molecule has 0 spiro atoms. The van der Waals surface area contributed by atoms with E-state index in [0.29, 0.717) is 18.1 Å². The minimum atomic E-state index is 0.329. The summed E-state index contributed by atoms with van der Waals surface area (Å²) >= 11 is 0. The number of carbonyl (C=O) groups is 1. The predicted molar refractivity (Wildman–Crippen MR) is 69.3 cm³/mol. The quantitative estimate of drug-likeness (QED) is 0.819. The molecule has 3 atom stereocenters. The maximum absolute atomic E-state index is 12.3. The Morgan fingerprint density at radius 2 is 2.28 bits per heavy atom. The summed E-state index contributed by atoms with van der Waals surface area (Å²) in [5.41, 5.74) is 0. The van der Waals surface area contributed by atoms with Crippen molar-refractivity contribution in [3.63, 3.8) is 0 Å². The molecule has 4 nitrogen and oxygen atoms in total. The lowest BCUT2D eigenvalue weighted by atomic mass is 10.0. The minimum absolute atomic E-state index is 0.329. The van der Waals surface area contributed by atoms with Gasteiger partial charge in [-0.1, -0.05) is 0 Å². The number of fused-ring (bicyclic) bond motifs is 1. The fraction of sp³-hybridized carbons (Fsp3) is 0.929. The summed E-state index contributed by atoms with van der Waals surface area (Å²) in [6.07, 6.45) is 6.85. The van der Waals surface area contributed by atoms with Crippen LogP contribution in [0.4, 0.5) is 0 Å². The molecule has 3 unspecified atom stereocenters.